The fourth-order valence-electron chi connectivity index (χ4n) is 0. The molecule has 0 saturated heterocycles. The van der Waals surface area contributed by atoms with Crippen molar-refractivity contribution in [1.82, 2.24) is 5.32 Å². The predicted octanol–water partition coefficient (Wildman–Crippen LogP) is 1.89. The van der Waals surface area contributed by atoms with Crippen molar-refractivity contribution in [2.45, 2.75) is 35.1 Å². The van der Waals surface area contributed by atoms with Gasteiger partial charge < -0.3 is 10.4 Å². The van der Waals surface area contributed by atoms with Crippen LogP contribution in [0.4, 0.5) is 0 Å². The van der Waals surface area contributed by atoms with E-state index in [1.807, 2.05) is 20.9 Å². The minimum Gasteiger partial charge on any atom is -0.397 e. The van der Waals surface area contributed by atoms with Gasteiger partial charge in [-0.15, -0.1) is 0 Å². The highest BCUT2D eigenvalue weighted by Crippen LogP contribution is 1.34. The quantitative estimate of drug-likeness (QED) is 0.600. The standard InChI is InChI=1S/C3H9N.C2H6O.C2H6.CH4/c1-3-4-2;1-2-3;1-2;/h4H,3H2,1-2H3;3H,2H2,1H3;1-2H3;1H4. The molecule has 0 radical (unpaired) electrons. The zero-order valence-corrected chi connectivity index (χ0v) is 7.36. The van der Waals surface area contributed by atoms with E-state index >= 15 is 0 Å². The van der Waals surface area contributed by atoms with Crippen molar-refractivity contribution in [1.29, 1.82) is 0 Å². The van der Waals surface area contributed by atoms with Gasteiger partial charge in [0, 0.05) is 6.61 Å². The molecule has 2 nitrogen and oxygen atoms in total. The number of nitrogens with one attached hydrogen (secondary N) is 1. The minimum absolute atomic E-state index is 0. The molecule has 0 aromatic carbocycles. The fourth-order valence-corrected chi connectivity index (χ4v) is 0. The monoisotopic (exact) mass is 151 g/mol. The number of rotatable bonds is 1. The molecule has 0 aliphatic carbocycles. The molecule has 0 fully saturated rings. The SMILES string of the molecule is C.CC.CCNC.CCO. The van der Waals surface area contributed by atoms with Crippen LogP contribution in [0.5, 0.6) is 0 Å². The van der Waals surface area contributed by atoms with Crippen LogP contribution in [0.1, 0.15) is 35.1 Å². The predicted molar refractivity (Wildman–Crippen MR) is 50.4 cm³/mol. The lowest BCUT2D eigenvalue weighted by Crippen LogP contribution is -2.01. The third-order valence-electron chi connectivity index (χ3n) is 0.354. The van der Waals surface area contributed by atoms with Crippen LogP contribution in [-0.2, 0) is 0 Å². The normalized spacial score (nSPS) is 5.40. The summed E-state index contributed by atoms with van der Waals surface area (Å²) in [5.41, 5.74) is 0. The fraction of sp³-hybridized carbons (Fsp3) is 1.00. The Labute approximate surface area is 66.7 Å². The Hall–Kier alpha value is -0.0800. The van der Waals surface area contributed by atoms with Gasteiger partial charge in [0.1, 0.15) is 0 Å². The van der Waals surface area contributed by atoms with Gasteiger partial charge in [0.05, 0.1) is 0 Å². The van der Waals surface area contributed by atoms with Gasteiger partial charge in [-0.2, -0.15) is 0 Å². The van der Waals surface area contributed by atoms with Crippen LogP contribution in [0, 0.1) is 0 Å². The lowest BCUT2D eigenvalue weighted by Gasteiger charge is -1.76. The zero-order valence-electron chi connectivity index (χ0n) is 7.36. The summed E-state index contributed by atoms with van der Waals surface area (Å²) in [4.78, 5) is 0. The van der Waals surface area contributed by atoms with Crippen LogP contribution in [0.15, 0.2) is 0 Å². The Morgan fingerprint density at radius 2 is 1.30 bits per heavy atom. The van der Waals surface area contributed by atoms with Crippen molar-refractivity contribution in [2.24, 2.45) is 0 Å². The first kappa shape index (κ1) is 22.5. The Bertz CT molecular complexity index is 16.7. The second-order valence-electron chi connectivity index (χ2n) is 1.02. The van der Waals surface area contributed by atoms with Crippen LogP contribution in [-0.4, -0.2) is 25.3 Å². The molecule has 0 amide bonds. The maximum atomic E-state index is 7.57. The van der Waals surface area contributed by atoms with E-state index in [2.05, 4.69) is 12.2 Å². The average molecular weight is 151 g/mol. The number of aliphatic hydroxyl groups excluding tert-OH is 1. The molecule has 0 heterocycles. The Balaban J connectivity index is -0.0000000273. The molecule has 0 aliphatic rings. The van der Waals surface area contributed by atoms with Crippen LogP contribution in [0.2, 0.25) is 0 Å². The van der Waals surface area contributed by atoms with Crippen molar-refractivity contribution in [3.63, 3.8) is 0 Å². The highest BCUT2D eigenvalue weighted by atomic mass is 16.2. The summed E-state index contributed by atoms with van der Waals surface area (Å²) in [5, 5.41) is 10.5. The molecule has 0 aromatic heterocycles. The molecule has 68 valence electrons. The number of hydrogen-bond donors (Lipinski definition) is 2. The van der Waals surface area contributed by atoms with Gasteiger partial charge in [-0.3, -0.25) is 0 Å². The van der Waals surface area contributed by atoms with Crippen molar-refractivity contribution in [3.05, 3.63) is 0 Å². The summed E-state index contributed by atoms with van der Waals surface area (Å²) in [7, 11) is 1.93. The van der Waals surface area contributed by atoms with E-state index in [0.29, 0.717) is 0 Å². The maximum Gasteiger partial charge on any atom is 0.0402 e. The summed E-state index contributed by atoms with van der Waals surface area (Å²) in [6.45, 7) is 9.07. The van der Waals surface area contributed by atoms with Crippen LogP contribution in [0.25, 0.3) is 0 Å². The van der Waals surface area contributed by atoms with Gasteiger partial charge in [-0.1, -0.05) is 28.2 Å². The molecule has 0 spiro atoms. The van der Waals surface area contributed by atoms with Crippen molar-refractivity contribution in [3.8, 4) is 0 Å². The molecule has 0 atom stereocenters. The van der Waals surface area contributed by atoms with Gasteiger partial charge >= 0.3 is 0 Å². The summed E-state index contributed by atoms with van der Waals surface area (Å²) >= 11 is 0. The van der Waals surface area contributed by atoms with Gasteiger partial charge in [-0.05, 0) is 20.5 Å². The van der Waals surface area contributed by atoms with Gasteiger partial charge in [0.25, 0.3) is 0 Å². The molecule has 0 bridgehead atoms. The smallest absolute Gasteiger partial charge is 0.0402 e. The third kappa shape index (κ3) is 448. The second kappa shape index (κ2) is 65.6. The number of aliphatic hydroxyl groups is 1. The first-order valence-corrected chi connectivity index (χ1v) is 3.58. The summed E-state index contributed by atoms with van der Waals surface area (Å²) in [5.74, 6) is 0. The topological polar surface area (TPSA) is 32.3 Å². The molecule has 10 heavy (non-hydrogen) atoms. The van der Waals surface area contributed by atoms with E-state index in [-0.39, 0.29) is 14.0 Å². The van der Waals surface area contributed by atoms with Crippen molar-refractivity contribution < 1.29 is 5.11 Å². The molecule has 2 heteroatoms. The average Bonchev–Trinajstić information content (AvgIpc) is 1.94. The summed E-state index contributed by atoms with van der Waals surface area (Å²) in [6.07, 6.45) is 0. The molecule has 0 rings (SSSR count). The Kier molecular flexibility index (Phi) is 148. The summed E-state index contributed by atoms with van der Waals surface area (Å²) in [6, 6.07) is 0. The lowest BCUT2D eigenvalue weighted by molar-refractivity contribution is 0.318. The first-order valence-electron chi connectivity index (χ1n) is 3.58. The Morgan fingerprint density at radius 3 is 1.30 bits per heavy atom. The van der Waals surface area contributed by atoms with E-state index in [1.165, 1.54) is 0 Å². The molecular formula is C8H25NO. The molecule has 0 unspecified atom stereocenters. The highest BCUT2D eigenvalue weighted by molar-refractivity contribution is 4.15. The van der Waals surface area contributed by atoms with Gasteiger partial charge in [0.2, 0.25) is 0 Å². The first-order chi connectivity index (χ1) is 4.33. The number of hydrogen-bond acceptors (Lipinski definition) is 2. The largest absolute Gasteiger partial charge is 0.397 e. The third-order valence-corrected chi connectivity index (χ3v) is 0.354. The van der Waals surface area contributed by atoms with Crippen molar-refractivity contribution >= 4 is 0 Å². The zero-order chi connectivity index (χ0) is 8.12. The minimum atomic E-state index is 0. The van der Waals surface area contributed by atoms with Gasteiger partial charge in [0.15, 0.2) is 0 Å². The molecule has 0 aliphatic heterocycles. The Morgan fingerprint density at radius 1 is 1.20 bits per heavy atom. The summed E-state index contributed by atoms with van der Waals surface area (Å²) < 4.78 is 0. The molecule has 2 N–H and O–H groups in total. The van der Waals surface area contributed by atoms with Crippen LogP contribution < -0.4 is 5.32 Å². The van der Waals surface area contributed by atoms with E-state index in [1.54, 1.807) is 6.92 Å². The van der Waals surface area contributed by atoms with E-state index < -0.39 is 0 Å². The maximum absolute atomic E-state index is 7.57. The molecular weight excluding hydrogens is 126 g/mol. The van der Waals surface area contributed by atoms with Crippen molar-refractivity contribution in [2.75, 3.05) is 20.2 Å². The van der Waals surface area contributed by atoms with Crippen LogP contribution >= 0.6 is 0 Å². The van der Waals surface area contributed by atoms with Crippen LogP contribution in [0.3, 0.4) is 0 Å². The van der Waals surface area contributed by atoms with E-state index in [4.69, 9.17) is 5.11 Å². The highest BCUT2D eigenvalue weighted by Gasteiger charge is 1.50. The van der Waals surface area contributed by atoms with Gasteiger partial charge in [-0.25, -0.2) is 0 Å². The lowest BCUT2D eigenvalue weighted by atomic mass is 10.8. The molecule has 0 saturated carbocycles. The second-order valence-corrected chi connectivity index (χ2v) is 1.02. The molecule has 0 aromatic rings. The van der Waals surface area contributed by atoms with E-state index in [9.17, 15) is 0 Å². The van der Waals surface area contributed by atoms with E-state index in [0.717, 1.165) is 6.54 Å².